The van der Waals surface area contributed by atoms with Crippen molar-refractivity contribution < 1.29 is 9.53 Å². The van der Waals surface area contributed by atoms with Crippen LogP contribution in [-0.4, -0.2) is 25.6 Å². The zero-order chi connectivity index (χ0) is 16.4. The molecule has 117 valence electrons. The number of rotatable bonds is 4. The Morgan fingerprint density at radius 2 is 1.65 bits per heavy atom. The number of nitrogens with one attached hydrogen (secondary N) is 2. The second-order valence-corrected chi connectivity index (χ2v) is 5.39. The minimum Gasteiger partial charge on any atom is -0.468 e. The Hall–Kier alpha value is -2.82. The molecule has 0 bridgehead atoms. The molecule has 5 nitrogen and oxygen atoms in total. The molecule has 1 aliphatic rings. The monoisotopic (exact) mass is 308 g/mol. The lowest BCUT2D eigenvalue weighted by molar-refractivity contribution is -0.138. The maximum atomic E-state index is 12.3. The van der Waals surface area contributed by atoms with E-state index in [2.05, 4.69) is 17.4 Å². The summed E-state index contributed by atoms with van der Waals surface area (Å²) in [7, 11) is 1.36. The molecule has 2 aromatic carbocycles. The highest BCUT2D eigenvalue weighted by molar-refractivity contribution is 5.92. The predicted octanol–water partition coefficient (Wildman–Crippen LogP) is 2.03. The molecule has 0 atom stereocenters. The van der Waals surface area contributed by atoms with Gasteiger partial charge in [0.2, 0.25) is 0 Å². The van der Waals surface area contributed by atoms with Crippen LogP contribution in [-0.2, 0) is 9.53 Å². The fourth-order valence-electron chi connectivity index (χ4n) is 3.14. The zero-order valence-corrected chi connectivity index (χ0v) is 12.8. The quantitative estimate of drug-likeness (QED) is 0.458. The third kappa shape index (κ3) is 2.65. The van der Waals surface area contributed by atoms with E-state index >= 15 is 0 Å². The summed E-state index contributed by atoms with van der Waals surface area (Å²) in [5, 5.41) is 10.1. The number of methoxy groups -OCH3 is 1. The largest absolute Gasteiger partial charge is 0.468 e. The van der Waals surface area contributed by atoms with E-state index in [0.717, 1.165) is 22.3 Å². The van der Waals surface area contributed by atoms with Gasteiger partial charge in [0.25, 0.3) is 0 Å². The Morgan fingerprint density at radius 3 is 2.13 bits per heavy atom. The molecule has 23 heavy (non-hydrogen) atoms. The van der Waals surface area contributed by atoms with Crippen LogP contribution in [0.25, 0.3) is 11.1 Å². The molecule has 0 aromatic heterocycles. The van der Waals surface area contributed by atoms with Gasteiger partial charge in [-0.25, -0.2) is 0 Å². The van der Waals surface area contributed by atoms with Crippen molar-refractivity contribution in [2.24, 2.45) is 5.73 Å². The first-order chi connectivity index (χ1) is 11.1. The summed E-state index contributed by atoms with van der Waals surface area (Å²) < 4.78 is 4.96. The van der Waals surface area contributed by atoms with Gasteiger partial charge in [-0.2, -0.15) is 0 Å². The summed E-state index contributed by atoms with van der Waals surface area (Å²) in [6.07, 6.45) is 0. The first-order valence-electron chi connectivity index (χ1n) is 7.33. The number of esters is 1. The van der Waals surface area contributed by atoms with Gasteiger partial charge in [-0.15, -0.1) is 0 Å². The van der Waals surface area contributed by atoms with Crippen molar-refractivity contribution in [3.05, 3.63) is 65.6 Å². The Morgan fingerprint density at radius 1 is 1.13 bits per heavy atom. The Balaban J connectivity index is 2.08. The number of benzene rings is 2. The van der Waals surface area contributed by atoms with Crippen LogP contribution in [0.2, 0.25) is 0 Å². The molecule has 0 amide bonds. The van der Waals surface area contributed by atoms with Gasteiger partial charge in [0.1, 0.15) is 5.92 Å². The lowest BCUT2D eigenvalue weighted by atomic mass is 9.84. The van der Waals surface area contributed by atoms with Gasteiger partial charge in [-0.1, -0.05) is 48.5 Å². The standard InChI is InChI=1S/C18H18N3O2/c1-23-17(22)15(10-21-18(19)20)16-13-8-4-2-6-11(13)12-7-3-5-9-14(12)16/h2-9,16H,10H2,1H3,(H4,19,20,21). The van der Waals surface area contributed by atoms with Gasteiger partial charge in [0.05, 0.1) is 7.11 Å². The molecule has 0 spiro atoms. The van der Waals surface area contributed by atoms with Gasteiger partial charge in [0.15, 0.2) is 5.96 Å². The van der Waals surface area contributed by atoms with E-state index in [0.29, 0.717) is 5.92 Å². The maximum Gasteiger partial charge on any atom is 0.315 e. The normalized spacial score (nSPS) is 12.6. The van der Waals surface area contributed by atoms with Crippen LogP contribution in [0, 0.1) is 11.3 Å². The van der Waals surface area contributed by atoms with Gasteiger partial charge < -0.3 is 15.8 Å². The van der Waals surface area contributed by atoms with Crippen LogP contribution >= 0.6 is 0 Å². The molecule has 5 heteroatoms. The molecule has 3 rings (SSSR count). The molecule has 4 N–H and O–H groups in total. The molecule has 1 radical (unpaired) electrons. The molecular weight excluding hydrogens is 290 g/mol. The summed E-state index contributed by atoms with van der Waals surface area (Å²) in [4.78, 5) is 12.3. The molecule has 2 aromatic rings. The third-order valence-corrected chi connectivity index (χ3v) is 4.10. The first kappa shape index (κ1) is 15.1. The Labute approximate surface area is 135 Å². The van der Waals surface area contributed by atoms with Crippen LogP contribution in [0.1, 0.15) is 17.0 Å². The number of hydrogen-bond donors (Lipinski definition) is 3. The summed E-state index contributed by atoms with van der Waals surface area (Å²) in [6.45, 7) is 0.176. The minimum atomic E-state index is -0.393. The van der Waals surface area contributed by atoms with E-state index in [4.69, 9.17) is 15.9 Å². The van der Waals surface area contributed by atoms with Crippen LogP contribution in [0.5, 0.6) is 0 Å². The summed E-state index contributed by atoms with van der Waals surface area (Å²) in [5.74, 6) is -0.219. The molecule has 0 heterocycles. The highest BCUT2D eigenvalue weighted by atomic mass is 16.5. The van der Waals surface area contributed by atoms with Gasteiger partial charge in [-0.3, -0.25) is 10.2 Å². The number of guanidine groups is 1. The highest BCUT2D eigenvalue weighted by Crippen LogP contribution is 2.48. The van der Waals surface area contributed by atoms with Crippen LogP contribution in [0.15, 0.2) is 48.5 Å². The van der Waals surface area contributed by atoms with Crippen molar-refractivity contribution in [1.29, 1.82) is 5.41 Å². The molecule has 1 aliphatic carbocycles. The molecule has 0 saturated carbocycles. The number of fused-ring (bicyclic) bond motifs is 3. The summed E-state index contributed by atoms with van der Waals surface area (Å²) >= 11 is 0. The summed E-state index contributed by atoms with van der Waals surface area (Å²) in [5.41, 5.74) is 9.76. The van der Waals surface area contributed by atoms with Crippen molar-refractivity contribution in [3.63, 3.8) is 0 Å². The minimum absolute atomic E-state index is 0.175. The molecular formula is C18H18N3O2. The average Bonchev–Trinajstić information content (AvgIpc) is 2.90. The van der Waals surface area contributed by atoms with Crippen LogP contribution in [0.3, 0.4) is 0 Å². The number of ether oxygens (including phenoxy) is 1. The third-order valence-electron chi connectivity index (χ3n) is 4.10. The van der Waals surface area contributed by atoms with Gasteiger partial charge in [-0.05, 0) is 22.3 Å². The zero-order valence-electron chi connectivity index (χ0n) is 12.8. The fourth-order valence-corrected chi connectivity index (χ4v) is 3.14. The maximum absolute atomic E-state index is 12.3. The fraction of sp³-hybridized carbons (Fsp3) is 0.167. The second-order valence-electron chi connectivity index (χ2n) is 5.39. The highest BCUT2D eigenvalue weighted by Gasteiger charge is 2.39. The van der Waals surface area contributed by atoms with Crippen molar-refractivity contribution in [2.75, 3.05) is 13.7 Å². The number of carbonyl (C=O) groups is 1. The van der Waals surface area contributed by atoms with E-state index in [-0.39, 0.29) is 18.4 Å². The molecule has 0 aliphatic heterocycles. The lowest BCUT2D eigenvalue weighted by Gasteiger charge is -2.23. The van der Waals surface area contributed by atoms with Crippen molar-refractivity contribution in [1.82, 2.24) is 5.32 Å². The average molecular weight is 308 g/mol. The smallest absolute Gasteiger partial charge is 0.315 e. The predicted molar refractivity (Wildman–Crippen MR) is 88.9 cm³/mol. The Bertz CT molecular complexity index is 712. The van der Waals surface area contributed by atoms with Gasteiger partial charge >= 0.3 is 5.97 Å². The molecule has 0 saturated heterocycles. The number of carbonyl (C=O) groups excluding carboxylic acids is 1. The Kier molecular flexibility index (Phi) is 4.02. The second kappa shape index (κ2) is 6.12. The van der Waals surface area contributed by atoms with Gasteiger partial charge in [0, 0.05) is 12.5 Å². The molecule has 0 fully saturated rings. The van der Waals surface area contributed by atoms with E-state index < -0.39 is 5.97 Å². The van der Waals surface area contributed by atoms with E-state index in [1.807, 2.05) is 36.4 Å². The van der Waals surface area contributed by atoms with E-state index in [1.165, 1.54) is 7.11 Å². The SMILES string of the molecule is COC(=O)[C](CNC(=N)N)C1c2ccccc2-c2ccccc21. The van der Waals surface area contributed by atoms with E-state index in [9.17, 15) is 4.79 Å². The molecule has 0 unspecified atom stereocenters. The topological polar surface area (TPSA) is 88.2 Å². The first-order valence-corrected chi connectivity index (χ1v) is 7.33. The summed E-state index contributed by atoms with van der Waals surface area (Å²) in [6, 6.07) is 16.1. The van der Waals surface area contributed by atoms with Crippen LogP contribution in [0.4, 0.5) is 0 Å². The van der Waals surface area contributed by atoms with Crippen LogP contribution < -0.4 is 11.1 Å². The number of hydrogen-bond acceptors (Lipinski definition) is 3. The van der Waals surface area contributed by atoms with Crippen molar-refractivity contribution in [2.45, 2.75) is 5.92 Å². The number of nitrogens with two attached hydrogens (primary N) is 1. The van der Waals surface area contributed by atoms with E-state index in [1.54, 1.807) is 0 Å². The van der Waals surface area contributed by atoms with Crippen molar-refractivity contribution in [3.8, 4) is 11.1 Å². The lowest BCUT2D eigenvalue weighted by Crippen LogP contribution is -2.38. The van der Waals surface area contributed by atoms with Crippen molar-refractivity contribution >= 4 is 11.9 Å².